The molecule has 1 aliphatic carbocycles. The molecule has 0 radical (unpaired) electrons. The highest BCUT2D eigenvalue weighted by Crippen LogP contribution is 2.31. The summed E-state index contributed by atoms with van der Waals surface area (Å²) in [6.45, 7) is 2.07. The van der Waals surface area contributed by atoms with Gasteiger partial charge in [-0.15, -0.1) is 0 Å². The van der Waals surface area contributed by atoms with Crippen molar-refractivity contribution >= 4 is 16.8 Å². The fourth-order valence-corrected chi connectivity index (χ4v) is 4.99. The lowest BCUT2D eigenvalue weighted by Crippen LogP contribution is -2.31. The second-order valence-corrected chi connectivity index (χ2v) is 9.67. The summed E-state index contributed by atoms with van der Waals surface area (Å²) in [5.41, 5.74) is 4.65. The van der Waals surface area contributed by atoms with Gasteiger partial charge in [0.25, 0.3) is 5.91 Å². The number of imidazole rings is 1. The minimum absolute atomic E-state index is 0.0551. The first-order valence-electron chi connectivity index (χ1n) is 12.1. The van der Waals surface area contributed by atoms with E-state index in [0.29, 0.717) is 29.8 Å². The number of nitrogens with one attached hydrogen (secondary N) is 2. The van der Waals surface area contributed by atoms with Crippen LogP contribution in [0, 0.1) is 24.7 Å². The number of aromatic nitrogens is 4. The van der Waals surface area contributed by atoms with E-state index in [0.717, 1.165) is 22.3 Å². The van der Waals surface area contributed by atoms with Gasteiger partial charge in [-0.25, -0.2) is 18.7 Å². The van der Waals surface area contributed by atoms with Crippen molar-refractivity contribution in [1.82, 2.24) is 24.8 Å². The molecule has 6 nitrogen and oxygen atoms in total. The zero-order chi connectivity index (χ0) is 24.8. The molecule has 2 aliphatic rings. The Morgan fingerprint density at radius 1 is 1.19 bits per heavy atom. The van der Waals surface area contributed by atoms with Crippen LogP contribution in [0.15, 0.2) is 48.8 Å². The van der Waals surface area contributed by atoms with Gasteiger partial charge < -0.3 is 14.9 Å². The molecule has 182 valence electrons. The second kappa shape index (κ2) is 8.90. The van der Waals surface area contributed by atoms with Crippen molar-refractivity contribution in [1.29, 1.82) is 0 Å². The first-order chi connectivity index (χ1) is 17.4. The Morgan fingerprint density at radius 2 is 2.03 bits per heavy atom. The normalized spacial score (nSPS) is 21.4. The van der Waals surface area contributed by atoms with Crippen LogP contribution in [-0.4, -0.2) is 37.8 Å². The van der Waals surface area contributed by atoms with Crippen LogP contribution in [0.25, 0.3) is 10.9 Å². The average molecular weight is 486 g/mol. The summed E-state index contributed by atoms with van der Waals surface area (Å²) < 4.78 is 29.1. The van der Waals surface area contributed by atoms with Gasteiger partial charge in [0.2, 0.25) is 0 Å². The first kappa shape index (κ1) is 22.5. The van der Waals surface area contributed by atoms with Crippen LogP contribution in [0.3, 0.4) is 0 Å². The SMILES string of the molecule is Cc1cc(C#CC2CC(F)C2)cc(C(=O)NC(c2cc3ccccc3[nH]2)c2ncn3c2C[C@@H](F)C3)n1. The molecule has 1 aliphatic heterocycles. The Bertz CT molecular complexity index is 1490. The van der Waals surface area contributed by atoms with Gasteiger partial charge >= 0.3 is 0 Å². The summed E-state index contributed by atoms with van der Waals surface area (Å²) in [6.07, 6.45) is 1.09. The molecule has 0 bridgehead atoms. The van der Waals surface area contributed by atoms with Crippen molar-refractivity contribution in [3.8, 4) is 11.8 Å². The van der Waals surface area contributed by atoms with Gasteiger partial charge in [-0.05, 0) is 49.4 Å². The molecule has 2 N–H and O–H groups in total. The molecule has 8 heteroatoms. The molecule has 1 amide bonds. The summed E-state index contributed by atoms with van der Waals surface area (Å²) in [4.78, 5) is 25.8. The smallest absolute Gasteiger partial charge is 0.270 e. The number of alkyl halides is 2. The van der Waals surface area contributed by atoms with Gasteiger partial charge in [0.1, 0.15) is 24.1 Å². The molecule has 1 saturated carbocycles. The summed E-state index contributed by atoms with van der Waals surface area (Å²) >= 11 is 0. The number of nitrogens with zero attached hydrogens (tertiary/aromatic N) is 3. The second-order valence-electron chi connectivity index (χ2n) is 9.67. The van der Waals surface area contributed by atoms with Crippen LogP contribution < -0.4 is 5.32 Å². The Labute approximate surface area is 207 Å². The fraction of sp³-hybridized carbons (Fsp3) is 0.321. The number of H-pyrrole nitrogens is 1. The summed E-state index contributed by atoms with van der Waals surface area (Å²) in [7, 11) is 0. The van der Waals surface area contributed by atoms with E-state index >= 15 is 0 Å². The molecule has 1 aromatic carbocycles. The number of halogens is 2. The molecule has 0 saturated heterocycles. The predicted octanol–water partition coefficient (Wildman–Crippen LogP) is 4.58. The molecule has 4 aromatic rings. The molecular weight excluding hydrogens is 460 g/mol. The third-order valence-electron chi connectivity index (χ3n) is 6.89. The minimum atomic E-state index is -0.969. The monoisotopic (exact) mass is 485 g/mol. The van der Waals surface area contributed by atoms with Crippen LogP contribution in [0.2, 0.25) is 0 Å². The zero-order valence-electron chi connectivity index (χ0n) is 19.8. The van der Waals surface area contributed by atoms with Crippen molar-refractivity contribution in [2.45, 2.75) is 51.1 Å². The number of carbonyl (C=O) groups excluding carboxylic acids is 1. The average Bonchev–Trinajstić information content (AvgIpc) is 3.53. The molecule has 0 spiro atoms. The number of hydrogen-bond donors (Lipinski definition) is 2. The molecule has 3 aromatic heterocycles. The lowest BCUT2D eigenvalue weighted by atomic mass is 9.84. The fourth-order valence-electron chi connectivity index (χ4n) is 4.99. The van der Waals surface area contributed by atoms with Gasteiger partial charge in [0.05, 0.1) is 18.6 Å². The first-order valence-corrected chi connectivity index (χ1v) is 12.1. The molecule has 4 heterocycles. The number of aryl methyl sites for hydroxylation is 1. The highest BCUT2D eigenvalue weighted by Gasteiger charge is 2.31. The minimum Gasteiger partial charge on any atom is -0.356 e. The van der Waals surface area contributed by atoms with E-state index in [1.54, 1.807) is 12.4 Å². The maximum atomic E-state index is 14.2. The number of aromatic amines is 1. The number of fused-ring (bicyclic) bond motifs is 2. The predicted molar refractivity (Wildman–Crippen MR) is 132 cm³/mol. The highest BCUT2D eigenvalue weighted by atomic mass is 19.1. The maximum absolute atomic E-state index is 14.2. The number of carbonyl (C=O) groups is 1. The lowest BCUT2D eigenvalue weighted by molar-refractivity contribution is 0.0936. The van der Waals surface area contributed by atoms with Crippen molar-refractivity contribution in [3.63, 3.8) is 0 Å². The highest BCUT2D eigenvalue weighted by molar-refractivity contribution is 5.93. The Hall–Kier alpha value is -3.99. The number of pyridine rings is 1. The van der Waals surface area contributed by atoms with Crippen molar-refractivity contribution in [3.05, 3.63) is 82.8 Å². The van der Waals surface area contributed by atoms with Gasteiger partial charge in [0, 0.05) is 40.5 Å². The van der Waals surface area contributed by atoms with Gasteiger partial charge in [0.15, 0.2) is 0 Å². The summed E-state index contributed by atoms with van der Waals surface area (Å²) in [5.74, 6) is 5.84. The topological polar surface area (TPSA) is 75.6 Å². The van der Waals surface area contributed by atoms with Crippen molar-refractivity contribution in [2.75, 3.05) is 0 Å². The number of benzene rings is 1. The van der Waals surface area contributed by atoms with Gasteiger partial charge in [-0.2, -0.15) is 0 Å². The van der Waals surface area contributed by atoms with E-state index in [4.69, 9.17) is 0 Å². The van der Waals surface area contributed by atoms with Gasteiger partial charge in [-0.3, -0.25) is 4.79 Å². The van der Waals surface area contributed by atoms with E-state index in [9.17, 15) is 13.6 Å². The number of para-hydroxylation sites is 1. The van der Waals surface area contributed by atoms with Crippen LogP contribution in [-0.2, 0) is 13.0 Å². The van der Waals surface area contributed by atoms with Crippen LogP contribution in [0.4, 0.5) is 8.78 Å². The molecule has 1 unspecified atom stereocenters. The van der Waals surface area contributed by atoms with Crippen LogP contribution in [0.5, 0.6) is 0 Å². The van der Waals surface area contributed by atoms with E-state index < -0.39 is 18.4 Å². The van der Waals surface area contributed by atoms with E-state index in [-0.39, 0.29) is 30.5 Å². The van der Waals surface area contributed by atoms with Crippen LogP contribution >= 0.6 is 0 Å². The van der Waals surface area contributed by atoms with E-state index in [1.165, 1.54) is 0 Å². The third-order valence-corrected chi connectivity index (χ3v) is 6.89. The third kappa shape index (κ3) is 4.26. The van der Waals surface area contributed by atoms with E-state index in [2.05, 4.69) is 32.1 Å². The Kier molecular flexibility index (Phi) is 5.56. The molecule has 1 fully saturated rings. The number of rotatable bonds is 4. The Morgan fingerprint density at radius 3 is 2.83 bits per heavy atom. The number of amides is 1. The van der Waals surface area contributed by atoms with E-state index in [1.807, 2.05) is 47.9 Å². The largest absolute Gasteiger partial charge is 0.356 e. The Balaban J connectivity index is 1.33. The molecule has 6 rings (SSSR count). The number of hydrogen-bond acceptors (Lipinski definition) is 3. The quantitative estimate of drug-likeness (QED) is 0.416. The standard InChI is InChI=1S/C28H25F2N5O/c1-16-8-17(6-7-18-9-20(29)10-18)11-24(32-16)28(36)34-26(23-12-19-4-2-3-5-22(19)33-23)27-25-13-21(30)14-35(25)15-31-27/h2-5,8,11-12,15,18,20-21,26,33H,9-10,13-14H2,1H3,(H,34,36)/t18?,20?,21-,26?/m1/s1. The van der Waals surface area contributed by atoms with Crippen molar-refractivity contribution in [2.24, 2.45) is 5.92 Å². The van der Waals surface area contributed by atoms with Crippen LogP contribution in [0.1, 0.15) is 57.7 Å². The maximum Gasteiger partial charge on any atom is 0.270 e. The summed E-state index contributed by atoms with van der Waals surface area (Å²) in [6, 6.07) is 12.7. The molecule has 2 atom stereocenters. The van der Waals surface area contributed by atoms with Gasteiger partial charge in [-0.1, -0.05) is 30.0 Å². The lowest BCUT2D eigenvalue weighted by Gasteiger charge is -2.24. The molecule has 36 heavy (non-hydrogen) atoms. The summed E-state index contributed by atoms with van der Waals surface area (Å²) in [5, 5.41) is 4.08. The van der Waals surface area contributed by atoms with Crippen molar-refractivity contribution < 1.29 is 13.6 Å². The molecular formula is C28H25F2N5O. The zero-order valence-corrected chi connectivity index (χ0v) is 19.8.